The Hall–Kier alpha value is -4.45. The number of aromatic nitrogens is 3. The van der Waals surface area contributed by atoms with Gasteiger partial charge in [0.1, 0.15) is 11.7 Å². The second kappa shape index (κ2) is 15.2. The lowest BCUT2D eigenvalue weighted by Crippen LogP contribution is -2.41. The van der Waals surface area contributed by atoms with E-state index in [4.69, 9.17) is 4.74 Å². The van der Waals surface area contributed by atoms with E-state index in [1.165, 1.54) is 6.20 Å². The molecule has 0 spiro atoms. The third-order valence-corrected chi connectivity index (χ3v) is 9.30. The molecule has 1 amide bonds. The number of alkyl halides is 3. The zero-order valence-electron chi connectivity index (χ0n) is 29.6. The van der Waals surface area contributed by atoms with Crippen molar-refractivity contribution < 1.29 is 27.5 Å². The van der Waals surface area contributed by atoms with E-state index in [1.807, 2.05) is 45.1 Å². The van der Waals surface area contributed by atoms with Gasteiger partial charge < -0.3 is 23.9 Å². The van der Waals surface area contributed by atoms with E-state index in [2.05, 4.69) is 27.3 Å². The van der Waals surface area contributed by atoms with Gasteiger partial charge in [-0.15, -0.1) is 0 Å². The second-order valence-corrected chi connectivity index (χ2v) is 13.7. The molecule has 3 aromatic heterocycles. The topological polar surface area (TPSA) is 97.9 Å². The number of nitrogens with zero attached hydrogens (tertiary/aromatic N) is 4. The molecule has 9 nitrogen and oxygen atoms in total. The third kappa shape index (κ3) is 8.29. The molecule has 4 heterocycles. The number of esters is 1. The first-order chi connectivity index (χ1) is 23.7. The Kier molecular flexibility index (Phi) is 11.2. The van der Waals surface area contributed by atoms with E-state index in [1.54, 1.807) is 25.5 Å². The Balaban J connectivity index is 1.58. The molecule has 1 saturated heterocycles. The highest BCUT2D eigenvalue weighted by molar-refractivity contribution is 5.84. The van der Waals surface area contributed by atoms with Gasteiger partial charge in [0.2, 0.25) is 5.91 Å². The first-order valence-corrected chi connectivity index (χ1v) is 17.2. The Morgan fingerprint density at radius 1 is 1.04 bits per heavy atom. The van der Waals surface area contributed by atoms with E-state index in [9.17, 15) is 27.6 Å². The van der Waals surface area contributed by atoms with Crippen LogP contribution in [0.2, 0.25) is 0 Å². The summed E-state index contributed by atoms with van der Waals surface area (Å²) in [5.74, 6) is -1.21. The predicted molar refractivity (Wildman–Crippen MR) is 186 cm³/mol. The lowest BCUT2D eigenvalue weighted by atomic mass is 9.92. The number of likely N-dealkylation sites (tertiary alicyclic amines) is 1. The van der Waals surface area contributed by atoms with Gasteiger partial charge in [0.15, 0.2) is 0 Å². The molecule has 1 aromatic carbocycles. The number of hydrogen-bond acceptors (Lipinski definition) is 6. The normalized spacial score (nSPS) is 14.8. The first-order valence-electron chi connectivity index (χ1n) is 17.2. The van der Waals surface area contributed by atoms with Crippen molar-refractivity contribution in [2.45, 2.75) is 85.5 Å². The number of amides is 1. The first kappa shape index (κ1) is 36.8. The number of hydrogen-bond donors (Lipinski definition) is 1. The lowest BCUT2D eigenvalue weighted by Gasteiger charge is -2.31. The maximum atomic E-state index is 14.3. The van der Waals surface area contributed by atoms with Crippen LogP contribution in [0.25, 0.3) is 16.8 Å². The van der Waals surface area contributed by atoms with Crippen molar-refractivity contribution >= 4 is 17.5 Å². The minimum absolute atomic E-state index is 0.0346. The van der Waals surface area contributed by atoms with E-state index in [-0.39, 0.29) is 37.4 Å². The molecule has 0 aliphatic carbocycles. The van der Waals surface area contributed by atoms with Crippen molar-refractivity contribution in [3.8, 4) is 11.1 Å². The summed E-state index contributed by atoms with van der Waals surface area (Å²) < 4.78 is 50.6. The zero-order chi connectivity index (χ0) is 36.3. The fraction of sp³-hybridized carbons (Fsp3) is 0.474. The molecule has 1 fully saturated rings. The maximum absolute atomic E-state index is 14.3. The maximum Gasteiger partial charge on any atom is 0.416 e. The van der Waals surface area contributed by atoms with E-state index < -0.39 is 41.3 Å². The summed E-state index contributed by atoms with van der Waals surface area (Å²) in [7, 11) is 0. The average molecular weight is 694 g/mol. The van der Waals surface area contributed by atoms with Gasteiger partial charge >= 0.3 is 12.1 Å². The Bertz CT molecular complexity index is 1900. The van der Waals surface area contributed by atoms with Crippen molar-refractivity contribution in [3.63, 3.8) is 0 Å². The lowest BCUT2D eigenvalue weighted by molar-refractivity contribution is -0.144. The molecule has 0 radical (unpaired) electrons. The minimum atomic E-state index is -4.72. The average Bonchev–Trinajstić information content (AvgIpc) is 3.47. The van der Waals surface area contributed by atoms with Crippen LogP contribution in [0.15, 0.2) is 53.8 Å². The van der Waals surface area contributed by atoms with Crippen molar-refractivity contribution in [3.05, 3.63) is 92.8 Å². The van der Waals surface area contributed by atoms with Gasteiger partial charge in [0.05, 0.1) is 24.6 Å². The number of nitrogens with one attached hydrogen (secondary N) is 1. The molecule has 4 aromatic rings. The number of benzene rings is 1. The number of aryl methyl sites for hydroxylation is 3. The van der Waals surface area contributed by atoms with Gasteiger partial charge in [0.25, 0.3) is 5.56 Å². The summed E-state index contributed by atoms with van der Waals surface area (Å²) in [5.41, 5.74) is 4.36. The number of halogens is 3. The van der Waals surface area contributed by atoms with Crippen LogP contribution >= 0.6 is 0 Å². The molecule has 2 unspecified atom stereocenters. The van der Waals surface area contributed by atoms with Gasteiger partial charge in [-0.1, -0.05) is 31.5 Å². The summed E-state index contributed by atoms with van der Waals surface area (Å²) in [5, 5.41) is 3.00. The number of carbonyl (C=O) groups excluding carboxylic acids is 2. The molecule has 1 N–H and O–H groups in total. The molecule has 50 heavy (non-hydrogen) atoms. The molecule has 0 bridgehead atoms. The number of rotatable bonds is 13. The highest BCUT2D eigenvalue weighted by Gasteiger charge is 2.36. The minimum Gasteiger partial charge on any atom is -0.466 e. The Morgan fingerprint density at radius 2 is 1.74 bits per heavy atom. The largest absolute Gasteiger partial charge is 0.466 e. The molecule has 2 atom stereocenters. The highest BCUT2D eigenvalue weighted by atomic mass is 19.4. The van der Waals surface area contributed by atoms with Gasteiger partial charge in [-0.3, -0.25) is 14.4 Å². The molecule has 5 rings (SSSR count). The van der Waals surface area contributed by atoms with Crippen molar-refractivity contribution in [2.24, 2.45) is 5.92 Å². The van der Waals surface area contributed by atoms with Gasteiger partial charge in [-0.2, -0.15) is 13.2 Å². The van der Waals surface area contributed by atoms with Crippen LogP contribution in [0.3, 0.4) is 0 Å². The van der Waals surface area contributed by atoms with Gasteiger partial charge in [-0.25, -0.2) is 4.98 Å². The summed E-state index contributed by atoms with van der Waals surface area (Å²) in [6.45, 7) is 13.7. The van der Waals surface area contributed by atoms with Crippen LogP contribution in [0.5, 0.6) is 0 Å². The predicted octanol–water partition coefficient (Wildman–Crippen LogP) is 6.75. The third-order valence-electron chi connectivity index (χ3n) is 9.30. The summed E-state index contributed by atoms with van der Waals surface area (Å²) in [4.78, 5) is 47.3. The standard InChI is InChI=1S/C38H46F3N5O4/c1-7-50-34(48)20-31(28-18-29(36-42-10-14-45(36)21-28)35-25(5)16-24(4)17-26(35)6)43-37(49)32(15-23(2)3)46-22-27(9-13-44-11-8-12-44)30(19-33(46)47)38(39,40)41/h10,14,16-19,21-23,31-32H,7-9,11-13,15,20H2,1-6H3,(H,43,49). The summed E-state index contributed by atoms with van der Waals surface area (Å²) in [6, 6.07) is 4.67. The van der Waals surface area contributed by atoms with Gasteiger partial charge in [0, 0.05) is 43.0 Å². The molecule has 12 heteroatoms. The Morgan fingerprint density at radius 3 is 2.34 bits per heavy atom. The fourth-order valence-electron chi connectivity index (χ4n) is 6.92. The fourth-order valence-corrected chi connectivity index (χ4v) is 6.92. The monoisotopic (exact) mass is 693 g/mol. The quantitative estimate of drug-likeness (QED) is 0.156. The van der Waals surface area contributed by atoms with E-state index in [0.29, 0.717) is 23.8 Å². The molecule has 1 aliphatic heterocycles. The number of imidazole rings is 1. The molecule has 0 saturated carbocycles. The SMILES string of the molecule is CCOC(=O)CC(NC(=O)C(CC(C)C)n1cc(CCN2CCC2)c(C(F)(F)F)cc1=O)c1cc(-c2c(C)cc(C)cc2C)c2nccn2c1. The van der Waals surface area contributed by atoms with Crippen LogP contribution in [0.4, 0.5) is 13.2 Å². The molecule has 268 valence electrons. The number of carbonyl (C=O) groups is 2. The van der Waals surface area contributed by atoms with Crippen molar-refractivity contribution in [1.82, 2.24) is 24.2 Å². The summed E-state index contributed by atoms with van der Waals surface area (Å²) >= 11 is 0. The molecule has 1 aliphatic rings. The van der Waals surface area contributed by atoms with E-state index in [0.717, 1.165) is 51.9 Å². The van der Waals surface area contributed by atoms with E-state index >= 15 is 0 Å². The number of ether oxygens (including phenoxy) is 1. The van der Waals surface area contributed by atoms with Gasteiger partial charge in [-0.05, 0) is 99.8 Å². The van der Waals surface area contributed by atoms with Crippen LogP contribution in [-0.4, -0.2) is 57.0 Å². The van der Waals surface area contributed by atoms with Crippen LogP contribution in [-0.2, 0) is 26.9 Å². The molecular weight excluding hydrogens is 647 g/mol. The smallest absolute Gasteiger partial charge is 0.416 e. The van der Waals surface area contributed by atoms with Crippen LogP contribution < -0.4 is 10.9 Å². The second-order valence-electron chi connectivity index (χ2n) is 13.7. The van der Waals surface area contributed by atoms with Crippen LogP contribution in [0, 0.1) is 26.7 Å². The number of fused-ring (bicyclic) bond motifs is 1. The molecular formula is C38H46F3N5O4. The van der Waals surface area contributed by atoms with Crippen molar-refractivity contribution in [2.75, 3.05) is 26.2 Å². The van der Waals surface area contributed by atoms with Crippen molar-refractivity contribution in [1.29, 1.82) is 0 Å². The zero-order valence-corrected chi connectivity index (χ0v) is 29.6. The summed E-state index contributed by atoms with van der Waals surface area (Å²) in [6.07, 6.45) is 2.80. The number of pyridine rings is 2. The highest BCUT2D eigenvalue weighted by Crippen LogP contribution is 2.35. The Labute approximate surface area is 290 Å². The van der Waals surface area contributed by atoms with Crippen LogP contribution in [0.1, 0.15) is 85.5 Å².